The summed E-state index contributed by atoms with van der Waals surface area (Å²) in [6.07, 6.45) is 9.83. The number of guanidine groups is 1. The SMILES string of the molecule is CN=C(NCC1CCCN1CC1CCCCC1)N(C)Cc1csc(C(C)OC)n1.I. The minimum Gasteiger partial charge on any atom is -0.375 e. The second kappa shape index (κ2) is 13.2. The normalized spacial score (nSPS) is 22.0. The summed E-state index contributed by atoms with van der Waals surface area (Å²) < 4.78 is 5.38. The molecule has 0 spiro atoms. The Morgan fingerprint density at radius 3 is 2.80 bits per heavy atom. The van der Waals surface area contributed by atoms with E-state index in [0.717, 1.165) is 35.7 Å². The molecular weight excluding hydrogens is 509 g/mol. The number of methoxy groups -OCH3 is 1. The molecule has 0 bridgehead atoms. The monoisotopic (exact) mass is 549 g/mol. The van der Waals surface area contributed by atoms with Gasteiger partial charge in [0, 0.05) is 45.7 Å². The Hall–Kier alpha value is -0.450. The maximum absolute atomic E-state index is 5.38. The largest absolute Gasteiger partial charge is 0.375 e. The molecule has 1 aliphatic carbocycles. The molecule has 2 unspecified atom stereocenters. The first-order chi connectivity index (χ1) is 14.1. The first kappa shape index (κ1) is 25.8. The summed E-state index contributed by atoms with van der Waals surface area (Å²) >= 11 is 1.66. The summed E-state index contributed by atoms with van der Waals surface area (Å²) in [6.45, 7) is 6.32. The third kappa shape index (κ3) is 7.31. The van der Waals surface area contributed by atoms with E-state index in [0.29, 0.717) is 6.04 Å². The molecule has 30 heavy (non-hydrogen) atoms. The predicted molar refractivity (Wildman–Crippen MR) is 137 cm³/mol. The highest BCUT2D eigenvalue weighted by Gasteiger charge is 2.27. The van der Waals surface area contributed by atoms with E-state index in [9.17, 15) is 0 Å². The van der Waals surface area contributed by atoms with E-state index in [1.807, 2.05) is 14.0 Å². The van der Waals surface area contributed by atoms with E-state index in [2.05, 4.69) is 32.5 Å². The highest BCUT2D eigenvalue weighted by Crippen LogP contribution is 2.27. The van der Waals surface area contributed by atoms with Gasteiger partial charge < -0.3 is 15.0 Å². The molecule has 2 aliphatic rings. The van der Waals surface area contributed by atoms with Crippen molar-refractivity contribution in [3.63, 3.8) is 0 Å². The number of nitrogens with one attached hydrogen (secondary N) is 1. The van der Waals surface area contributed by atoms with Gasteiger partial charge in [0.15, 0.2) is 5.96 Å². The molecule has 6 nitrogen and oxygen atoms in total. The highest BCUT2D eigenvalue weighted by molar-refractivity contribution is 14.0. The number of hydrogen-bond acceptors (Lipinski definition) is 5. The van der Waals surface area contributed by atoms with Crippen LogP contribution < -0.4 is 5.32 Å². The van der Waals surface area contributed by atoms with Gasteiger partial charge in [-0.2, -0.15) is 0 Å². The summed E-state index contributed by atoms with van der Waals surface area (Å²) in [5.74, 6) is 1.86. The van der Waals surface area contributed by atoms with Gasteiger partial charge in [0.25, 0.3) is 0 Å². The third-order valence-electron chi connectivity index (χ3n) is 6.46. The summed E-state index contributed by atoms with van der Waals surface area (Å²) in [6, 6.07) is 0.635. The number of nitrogens with zero attached hydrogens (tertiary/aromatic N) is 4. The van der Waals surface area contributed by atoms with Crippen molar-refractivity contribution in [2.75, 3.05) is 40.8 Å². The van der Waals surface area contributed by atoms with Crippen molar-refractivity contribution in [2.45, 2.75) is 70.6 Å². The van der Waals surface area contributed by atoms with E-state index in [1.165, 1.54) is 58.0 Å². The summed E-state index contributed by atoms with van der Waals surface area (Å²) in [5.41, 5.74) is 1.07. The minimum absolute atomic E-state index is 0. The fourth-order valence-corrected chi connectivity index (χ4v) is 5.50. The molecule has 1 saturated heterocycles. The van der Waals surface area contributed by atoms with E-state index < -0.39 is 0 Å². The predicted octanol–water partition coefficient (Wildman–Crippen LogP) is 4.52. The smallest absolute Gasteiger partial charge is 0.193 e. The lowest BCUT2D eigenvalue weighted by Crippen LogP contribution is -2.46. The van der Waals surface area contributed by atoms with Crippen LogP contribution in [0.3, 0.4) is 0 Å². The van der Waals surface area contributed by atoms with Crippen molar-refractivity contribution in [3.05, 3.63) is 16.1 Å². The van der Waals surface area contributed by atoms with Crippen molar-refractivity contribution < 1.29 is 4.74 Å². The van der Waals surface area contributed by atoms with Crippen LogP contribution in [-0.4, -0.2) is 67.6 Å². The number of rotatable bonds is 8. The van der Waals surface area contributed by atoms with E-state index in [-0.39, 0.29) is 30.1 Å². The molecule has 1 saturated carbocycles. The van der Waals surface area contributed by atoms with Crippen LogP contribution in [0.4, 0.5) is 0 Å². The lowest BCUT2D eigenvalue weighted by Gasteiger charge is -2.32. The van der Waals surface area contributed by atoms with Gasteiger partial charge in [-0.15, -0.1) is 35.3 Å². The zero-order valence-electron chi connectivity index (χ0n) is 19.1. The number of ether oxygens (including phenoxy) is 1. The highest BCUT2D eigenvalue weighted by atomic mass is 127. The molecule has 1 N–H and O–H groups in total. The van der Waals surface area contributed by atoms with Crippen molar-refractivity contribution in [1.29, 1.82) is 0 Å². The quantitative estimate of drug-likeness (QED) is 0.294. The van der Waals surface area contributed by atoms with E-state index in [1.54, 1.807) is 18.4 Å². The lowest BCUT2D eigenvalue weighted by atomic mass is 9.89. The molecular formula is C22H40IN5OS. The molecule has 3 rings (SSSR count). The summed E-state index contributed by atoms with van der Waals surface area (Å²) in [5, 5.41) is 6.78. The van der Waals surface area contributed by atoms with E-state index in [4.69, 9.17) is 9.72 Å². The van der Waals surface area contributed by atoms with Gasteiger partial charge in [0.05, 0.1) is 12.2 Å². The molecule has 2 heterocycles. The molecule has 0 aromatic carbocycles. The molecule has 8 heteroatoms. The van der Waals surface area contributed by atoms with Crippen LogP contribution in [-0.2, 0) is 11.3 Å². The molecule has 0 amide bonds. The molecule has 2 atom stereocenters. The third-order valence-corrected chi connectivity index (χ3v) is 7.51. The number of likely N-dealkylation sites (tertiary alicyclic amines) is 1. The average Bonchev–Trinajstić information content (AvgIpc) is 3.38. The van der Waals surface area contributed by atoms with Crippen LogP contribution >= 0.6 is 35.3 Å². The van der Waals surface area contributed by atoms with Gasteiger partial charge in [0.2, 0.25) is 0 Å². The first-order valence-electron chi connectivity index (χ1n) is 11.2. The molecule has 1 aliphatic heterocycles. The molecule has 0 radical (unpaired) electrons. The molecule has 2 fully saturated rings. The number of halogens is 1. The van der Waals surface area contributed by atoms with Gasteiger partial charge >= 0.3 is 0 Å². The summed E-state index contributed by atoms with van der Waals surface area (Å²) in [4.78, 5) is 14.1. The Bertz CT molecular complexity index is 649. The number of aromatic nitrogens is 1. The van der Waals surface area contributed by atoms with Gasteiger partial charge in [-0.25, -0.2) is 4.98 Å². The Balaban J connectivity index is 0.00000320. The maximum atomic E-state index is 5.38. The Kier molecular flexibility index (Phi) is 11.3. The fourth-order valence-electron chi connectivity index (χ4n) is 4.66. The van der Waals surface area contributed by atoms with Gasteiger partial charge in [0.1, 0.15) is 11.1 Å². The van der Waals surface area contributed by atoms with Crippen LogP contribution in [0.25, 0.3) is 0 Å². The van der Waals surface area contributed by atoms with Crippen LogP contribution in [0.1, 0.15) is 68.7 Å². The second-order valence-electron chi connectivity index (χ2n) is 8.63. The van der Waals surface area contributed by atoms with Gasteiger partial charge in [-0.05, 0) is 45.1 Å². The number of aliphatic imine (C=N–C) groups is 1. The van der Waals surface area contributed by atoms with Crippen LogP contribution in [0.2, 0.25) is 0 Å². The minimum atomic E-state index is 0. The maximum Gasteiger partial charge on any atom is 0.193 e. The van der Waals surface area contributed by atoms with Crippen molar-refractivity contribution >= 4 is 41.3 Å². The van der Waals surface area contributed by atoms with Gasteiger partial charge in [-0.1, -0.05) is 19.3 Å². The lowest BCUT2D eigenvalue weighted by molar-refractivity contribution is 0.119. The molecule has 1 aromatic rings. The van der Waals surface area contributed by atoms with Crippen molar-refractivity contribution in [1.82, 2.24) is 20.1 Å². The number of hydrogen-bond donors (Lipinski definition) is 1. The first-order valence-corrected chi connectivity index (χ1v) is 12.1. The standard InChI is InChI=1S/C22H39N5OS.HI/c1-17(28-4)21-25-19(16-29-21)15-26(3)22(23-2)24-13-20-11-8-12-27(20)14-18-9-6-5-7-10-18;/h16-18,20H,5-15H2,1-4H3,(H,23,24);1H. The fraction of sp³-hybridized carbons (Fsp3) is 0.818. The van der Waals surface area contributed by atoms with Crippen molar-refractivity contribution in [3.8, 4) is 0 Å². The van der Waals surface area contributed by atoms with Gasteiger partial charge in [-0.3, -0.25) is 9.89 Å². The Morgan fingerprint density at radius 1 is 1.33 bits per heavy atom. The zero-order valence-corrected chi connectivity index (χ0v) is 22.2. The Labute approximate surface area is 203 Å². The Morgan fingerprint density at radius 2 is 2.10 bits per heavy atom. The summed E-state index contributed by atoms with van der Waals surface area (Å²) in [7, 11) is 5.68. The van der Waals surface area contributed by atoms with Crippen molar-refractivity contribution in [2.24, 2.45) is 10.9 Å². The average molecular weight is 550 g/mol. The topological polar surface area (TPSA) is 53.0 Å². The second-order valence-corrected chi connectivity index (χ2v) is 9.52. The zero-order chi connectivity index (χ0) is 20.6. The van der Waals surface area contributed by atoms with Crippen LogP contribution in [0.15, 0.2) is 10.4 Å². The van der Waals surface area contributed by atoms with Crippen LogP contribution in [0.5, 0.6) is 0 Å². The molecule has 172 valence electrons. The molecule has 1 aromatic heterocycles. The number of thiazole rings is 1. The van der Waals surface area contributed by atoms with E-state index >= 15 is 0 Å². The van der Waals surface area contributed by atoms with Crippen LogP contribution in [0, 0.1) is 5.92 Å².